The number of hydrogen-bond donors (Lipinski definition) is 1. The van der Waals surface area contributed by atoms with Crippen LogP contribution in [-0.4, -0.2) is 31.3 Å². The lowest BCUT2D eigenvalue weighted by molar-refractivity contribution is 0.0680. The third-order valence-electron chi connectivity index (χ3n) is 1.90. The van der Waals surface area contributed by atoms with Crippen LogP contribution in [0.25, 0.3) is 5.69 Å². The number of carboxylic acids is 1. The highest BCUT2D eigenvalue weighted by atomic mass is 16.4. The number of nitrogens with zero attached hydrogens (tertiary/aromatic N) is 5. The van der Waals surface area contributed by atoms with Crippen LogP contribution in [0.5, 0.6) is 0 Å². The first-order chi connectivity index (χ1) is 7.72. The standard InChI is InChI=1S/C9H5N5O2/c10-5-6-1-3-7(4-2-6)14-8(9(15)16)11-12-13-14/h1-4H,(H,15,16). The molecular weight excluding hydrogens is 210 g/mol. The van der Waals surface area contributed by atoms with Crippen LogP contribution in [0.3, 0.4) is 0 Å². The van der Waals surface area contributed by atoms with Crippen molar-refractivity contribution in [2.75, 3.05) is 0 Å². The molecule has 0 bridgehead atoms. The summed E-state index contributed by atoms with van der Waals surface area (Å²) in [5, 5.41) is 27.6. The zero-order valence-corrected chi connectivity index (χ0v) is 7.90. The van der Waals surface area contributed by atoms with Crippen molar-refractivity contribution in [1.82, 2.24) is 20.2 Å². The normalized spacial score (nSPS) is 9.69. The molecule has 16 heavy (non-hydrogen) atoms. The van der Waals surface area contributed by atoms with E-state index in [0.29, 0.717) is 11.3 Å². The third kappa shape index (κ3) is 1.59. The molecular formula is C9H5N5O2. The lowest BCUT2D eigenvalue weighted by Gasteiger charge is -2.00. The van der Waals surface area contributed by atoms with Crippen LogP contribution in [0.15, 0.2) is 24.3 Å². The Morgan fingerprint density at radius 1 is 1.38 bits per heavy atom. The maximum atomic E-state index is 10.8. The lowest BCUT2D eigenvalue weighted by atomic mass is 10.2. The average Bonchev–Trinajstić information content (AvgIpc) is 2.78. The van der Waals surface area contributed by atoms with E-state index in [2.05, 4.69) is 15.5 Å². The summed E-state index contributed by atoms with van der Waals surface area (Å²) in [6, 6.07) is 8.22. The summed E-state index contributed by atoms with van der Waals surface area (Å²) in [4.78, 5) is 10.8. The predicted molar refractivity (Wildman–Crippen MR) is 50.8 cm³/mol. The van der Waals surface area contributed by atoms with E-state index in [4.69, 9.17) is 10.4 Å². The predicted octanol–water partition coefficient (Wildman–Crippen LogP) is 0.232. The molecule has 1 aromatic carbocycles. The van der Waals surface area contributed by atoms with Crippen LogP contribution in [0.1, 0.15) is 16.2 Å². The van der Waals surface area contributed by atoms with Gasteiger partial charge in [0.2, 0.25) is 0 Å². The molecule has 1 heterocycles. The van der Waals surface area contributed by atoms with Crippen molar-refractivity contribution in [3.63, 3.8) is 0 Å². The monoisotopic (exact) mass is 215 g/mol. The van der Waals surface area contributed by atoms with Gasteiger partial charge in [-0.15, -0.1) is 5.10 Å². The molecule has 0 unspecified atom stereocenters. The van der Waals surface area contributed by atoms with Crippen molar-refractivity contribution in [3.8, 4) is 11.8 Å². The number of carbonyl (C=O) groups is 1. The van der Waals surface area contributed by atoms with Gasteiger partial charge in [-0.25, -0.2) is 4.79 Å². The highest BCUT2D eigenvalue weighted by Crippen LogP contribution is 2.09. The molecule has 0 saturated carbocycles. The van der Waals surface area contributed by atoms with Gasteiger partial charge in [-0.1, -0.05) is 0 Å². The molecule has 2 rings (SSSR count). The first-order valence-electron chi connectivity index (χ1n) is 4.24. The number of carboxylic acid groups (broad SMARTS) is 1. The number of benzene rings is 1. The largest absolute Gasteiger partial charge is 0.475 e. The summed E-state index contributed by atoms with van der Waals surface area (Å²) < 4.78 is 1.09. The quantitative estimate of drug-likeness (QED) is 0.768. The third-order valence-corrected chi connectivity index (χ3v) is 1.90. The van der Waals surface area contributed by atoms with E-state index in [0.717, 1.165) is 4.68 Å². The van der Waals surface area contributed by atoms with Crippen LogP contribution < -0.4 is 0 Å². The molecule has 1 N–H and O–H groups in total. The number of aromatic nitrogens is 4. The van der Waals surface area contributed by atoms with Gasteiger partial charge in [-0.2, -0.15) is 9.94 Å². The molecule has 0 radical (unpaired) electrons. The zero-order valence-electron chi connectivity index (χ0n) is 7.90. The maximum absolute atomic E-state index is 10.8. The van der Waals surface area contributed by atoms with E-state index in [-0.39, 0.29) is 5.82 Å². The minimum absolute atomic E-state index is 0.273. The molecule has 1 aromatic heterocycles. The van der Waals surface area contributed by atoms with Gasteiger partial charge in [-0.3, -0.25) is 0 Å². The number of nitriles is 1. The van der Waals surface area contributed by atoms with Gasteiger partial charge in [0.05, 0.1) is 17.3 Å². The van der Waals surface area contributed by atoms with Gasteiger partial charge in [0.15, 0.2) is 0 Å². The second-order valence-corrected chi connectivity index (χ2v) is 2.88. The Kier molecular flexibility index (Phi) is 2.31. The van der Waals surface area contributed by atoms with Crippen molar-refractivity contribution in [2.45, 2.75) is 0 Å². The first kappa shape index (κ1) is 9.79. The molecule has 0 aliphatic carbocycles. The topological polar surface area (TPSA) is 105 Å². The van der Waals surface area contributed by atoms with E-state index in [1.165, 1.54) is 0 Å². The molecule has 0 atom stereocenters. The summed E-state index contributed by atoms with van der Waals surface area (Å²) in [5.41, 5.74) is 0.968. The molecule has 7 heteroatoms. The lowest BCUT2D eigenvalue weighted by Crippen LogP contribution is -2.09. The fourth-order valence-electron chi connectivity index (χ4n) is 1.17. The van der Waals surface area contributed by atoms with Crippen LogP contribution in [0.4, 0.5) is 0 Å². The number of rotatable bonds is 2. The Balaban J connectivity index is 2.47. The van der Waals surface area contributed by atoms with Crippen molar-refractivity contribution in [3.05, 3.63) is 35.7 Å². The fraction of sp³-hybridized carbons (Fsp3) is 0. The second-order valence-electron chi connectivity index (χ2n) is 2.88. The van der Waals surface area contributed by atoms with Crippen molar-refractivity contribution < 1.29 is 9.90 Å². The van der Waals surface area contributed by atoms with Crippen LogP contribution >= 0.6 is 0 Å². The van der Waals surface area contributed by atoms with E-state index < -0.39 is 5.97 Å². The number of hydrogen-bond acceptors (Lipinski definition) is 5. The molecule has 0 fully saturated rings. The van der Waals surface area contributed by atoms with Crippen molar-refractivity contribution in [2.24, 2.45) is 0 Å². The van der Waals surface area contributed by atoms with Gasteiger partial charge >= 0.3 is 5.97 Å². The first-order valence-corrected chi connectivity index (χ1v) is 4.24. The Bertz CT molecular complexity index is 566. The Labute approximate surface area is 89.6 Å². The van der Waals surface area contributed by atoms with E-state index in [1.807, 2.05) is 6.07 Å². The SMILES string of the molecule is N#Cc1ccc(-n2nnnc2C(=O)O)cc1. The molecule has 78 valence electrons. The average molecular weight is 215 g/mol. The van der Waals surface area contributed by atoms with Gasteiger partial charge in [0, 0.05) is 0 Å². The Hall–Kier alpha value is -2.75. The van der Waals surface area contributed by atoms with E-state index in [1.54, 1.807) is 24.3 Å². The molecule has 0 saturated heterocycles. The summed E-state index contributed by atoms with van der Waals surface area (Å²) >= 11 is 0. The minimum Gasteiger partial charge on any atom is -0.475 e. The zero-order chi connectivity index (χ0) is 11.5. The highest BCUT2D eigenvalue weighted by Gasteiger charge is 2.14. The van der Waals surface area contributed by atoms with E-state index in [9.17, 15) is 4.79 Å². The molecule has 0 amide bonds. The number of aromatic carboxylic acids is 1. The van der Waals surface area contributed by atoms with Gasteiger partial charge in [-0.05, 0) is 34.7 Å². The van der Waals surface area contributed by atoms with Crippen molar-refractivity contribution in [1.29, 1.82) is 5.26 Å². The van der Waals surface area contributed by atoms with Crippen molar-refractivity contribution >= 4 is 5.97 Å². The fourth-order valence-corrected chi connectivity index (χ4v) is 1.17. The Morgan fingerprint density at radius 2 is 2.06 bits per heavy atom. The minimum atomic E-state index is -1.21. The van der Waals surface area contributed by atoms with E-state index >= 15 is 0 Å². The van der Waals surface area contributed by atoms with Crippen LogP contribution in [0, 0.1) is 11.3 Å². The van der Waals surface area contributed by atoms with Crippen LogP contribution in [-0.2, 0) is 0 Å². The summed E-state index contributed by atoms with van der Waals surface area (Å²) in [6.45, 7) is 0. The molecule has 7 nitrogen and oxygen atoms in total. The molecule has 0 spiro atoms. The second kappa shape index (κ2) is 3.78. The number of tetrazole rings is 1. The summed E-state index contributed by atoms with van der Waals surface area (Å²) in [7, 11) is 0. The molecule has 0 aliphatic heterocycles. The van der Waals surface area contributed by atoms with Crippen LogP contribution in [0.2, 0.25) is 0 Å². The van der Waals surface area contributed by atoms with Gasteiger partial charge in [0.1, 0.15) is 0 Å². The summed E-state index contributed by atoms with van der Waals surface area (Å²) in [5.74, 6) is -1.49. The van der Waals surface area contributed by atoms with Gasteiger partial charge < -0.3 is 5.11 Å². The molecule has 0 aliphatic rings. The highest BCUT2D eigenvalue weighted by molar-refractivity contribution is 5.83. The molecule has 2 aromatic rings. The van der Waals surface area contributed by atoms with Gasteiger partial charge in [0.25, 0.3) is 5.82 Å². The Morgan fingerprint density at radius 3 is 2.62 bits per heavy atom. The smallest absolute Gasteiger partial charge is 0.376 e. The summed E-state index contributed by atoms with van der Waals surface area (Å²) in [6.07, 6.45) is 0. The maximum Gasteiger partial charge on any atom is 0.376 e.